The highest BCUT2D eigenvalue weighted by molar-refractivity contribution is 6.76. The monoisotopic (exact) mass is 960 g/mol. The summed E-state index contributed by atoms with van der Waals surface area (Å²) in [7, 11) is -2.40. The van der Waals surface area contributed by atoms with Crippen LogP contribution in [-0.2, 0) is 71.6 Å². The number of nitrogens with zero attached hydrogens (tertiary/aromatic N) is 10. The number of hydrogen-bond donors (Lipinski definition) is 2. The fourth-order valence-electron chi connectivity index (χ4n) is 6.68. The van der Waals surface area contributed by atoms with Crippen molar-refractivity contribution in [1.29, 1.82) is 0 Å². The molecule has 0 unspecified atom stereocenters. The summed E-state index contributed by atoms with van der Waals surface area (Å²) in [5, 5.41) is 12.8. The first-order valence-corrected chi connectivity index (χ1v) is 30.1. The molecule has 0 fully saturated rings. The number of amides is 2. The zero-order valence-corrected chi connectivity index (χ0v) is 42.1. The molecule has 20 heteroatoms. The molecule has 0 aliphatic heterocycles. The van der Waals surface area contributed by atoms with E-state index in [0.29, 0.717) is 64.3 Å². The lowest BCUT2D eigenvalue weighted by atomic mass is 10.1. The van der Waals surface area contributed by atoms with Crippen LogP contribution in [0.5, 0.6) is 0 Å². The Kier molecular flexibility index (Phi) is 20.5. The molecule has 68 heavy (non-hydrogen) atoms. The van der Waals surface area contributed by atoms with E-state index < -0.39 is 28.3 Å². The second kappa shape index (κ2) is 26.6. The molecule has 2 heterocycles. The molecule has 0 spiro atoms. The summed E-state index contributed by atoms with van der Waals surface area (Å²) in [5.74, 6) is 1.37. The summed E-state index contributed by atoms with van der Waals surface area (Å²) in [6.45, 7) is 17.6. The van der Waals surface area contributed by atoms with Crippen LogP contribution < -0.4 is 10.6 Å². The van der Waals surface area contributed by atoms with Gasteiger partial charge in [-0.1, -0.05) is 122 Å². The fourth-order valence-corrected chi connectivity index (χ4v) is 8.19. The molecular formula is C48H64N12O6Si2. The highest BCUT2D eigenvalue weighted by Crippen LogP contribution is 2.22. The van der Waals surface area contributed by atoms with Gasteiger partial charge in [-0.2, -0.15) is 0 Å². The Bertz CT molecular complexity index is 2580. The number of rotatable bonds is 24. The number of fused-ring (bicyclic) bond motifs is 2. The van der Waals surface area contributed by atoms with Gasteiger partial charge in [-0.05, 0) is 82.5 Å². The molecule has 4 aromatic carbocycles. The number of imidazole rings is 2. The Balaban J connectivity index is 0.000000254. The lowest BCUT2D eigenvalue weighted by Crippen LogP contribution is -2.26. The number of carbonyl (C=O) groups is 2. The van der Waals surface area contributed by atoms with Crippen molar-refractivity contribution < 1.29 is 28.5 Å². The van der Waals surface area contributed by atoms with E-state index in [2.05, 4.69) is 70.0 Å². The highest BCUT2D eigenvalue weighted by atomic mass is 28.3. The van der Waals surface area contributed by atoms with Gasteiger partial charge in [0.25, 0.3) is 0 Å². The summed E-state index contributed by atoms with van der Waals surface area (Å²) >= 11 is 0. The molecule has 2 aromatic heterocycles. The first-order chi connectivity index (χ1) is 32.7. The van der Waals surface area contributed by atoms with E-state index in [1.54, 1.807) is 0 Å². The topological polar surface area (TPSA) is 228 Å². The molecule has 6 aromatic rings. The maximum atomic E-state index is 12.3. The minimum absolute atomic E-state index is 0.206. The third-order valence-corrected chi connectivity index (χ3v) is 14.0. The van der Waals surface area contributed by atoms with E-state index in [4.69, 9.17) is 40.0 Å². The van der Waals surface area contributed by atoms with E-state index in [0.717, 1.165) is 56.4 Å². The van der Waals surface area contributed by atoms with Gasteiger partial charge >= 0.3 is 12.2 Å². The number of nitrogens with one attached hydrogen (secondary N) is 2. The molecule has 2 amide bonds. The normalized spacial score (nSPS) is 11.3. The molecule has 0 aliphatic carbocycles. The Morgan fingerprint density at radius 3 is 1.53 bits per heavy atom. The highest BCUT2D eigenvalue weighted by Gasteiger charge is 2.18. The first-order valence-electron chi connectivity index (χ1n) is 22.7. The third kappa shape index (κ3) is 18.2. The van der Waals surface area contributed by atoms with Crippen molar-refractivity contribution >= 4 is 50.4 Å². The van der Waals surface area contributed by atoms with Gasteiger partial charge in [-0.3, -0.25) is 0 Å². The lowest BCUT2D eigenvalue weighted by molar-refractivity contribution is 0.0872. The second-order valence-corrected chi connectivity index (χ2v) is 29.7. The molecular weight excluding hydrogens is 897 g/mol. The predicted octanol–water partition coefficient (Wildman–Crippen LogP) is 11.3. The zero-order valence-electron chi connectivity index (χ0n) is 40.1. The lowest BCUT2D eigenvalue weighted by Gasteiger charge is -2.16. The molecule has 0 saturated carbocycles. The zero-order chi connectivity index (χ0) is 48.8. The standard InChI is InChI=1S/2C24H32N6O3Si/c1-34(2,3)14-13-32-18-30-22-10-9-19(11-12-27-29-25)15-21(22)28-23(30)16-26-24(31)33-17-20-7-5-4-6-8-20;1-34(2,3)14-13-32-18-30-22-15-19(11-12-27-29-25)9-10-21(22)28-23(30)16-26-24(31)33-17-20-7-5-4-6-8-20/h2*4-10,15H,11-14,16-18H2,1-3H3,(H,26,31). The van der Waals surface area contributed by atoms with E-state index in [1.165, 1.54) is 0 Å². The van der Waals surface area contributed by atoms with E-state index in [-0.39, 0.29) is 26.3 Å². The molecule has 360 valence electrons. The number of hydrogen-bond acceptors (Lipinski definition) is 10. The van der Waals surface area contributed by atoms with E-state index >= 15 is 0 Å². The van der Waals surface area contributed by atoms with Gasteiger partial charge in [0.1, 0.15) is 38.3 Å². The van der Waals surface area contributed by atoms with Crippen LogP contribution in [0.1, 0.15) is 33.9 Å². The van der Waals surface area contributed by atoms with Crippen LogP contribution in [0.3, 0.4) is 0 Å². The summed E-state index contributed by atoms with van der Waals surface area (Å²) in [4.78, 5) is 39.6. The van der Waals surface area contributed by atoms with Crippen molar-refractivity contribution in [2.75, 3.05) is 26.3 Å². The van der Waals surface area contributed by atoms with Crippen LogP contribution in [0.4, 0.5) is 9.59 Å². The third-order valence-electron chi connectivity index (χ3n) is 10.6. The number of alkyl carbamates (subject to hydrolysis) is 2. The summed E-state index contributed by atoms with van der Waals surface area (Å²) < 4.78 is 26.6. The van der Waals surface area contributed by atoms with Crippen LogP contribution in [0.15, 0.2) is 107 Å². The van der Waals surface area contributed by atoms with Crippen LogP contribution in [0.25, 0.3) is 43.0 Å². The van der Waals surface area contributed by atoms with Gasteiger partial charge < -0.3 is 38.7 Å². The molecule has 0 aliphatic rings. The number of aromatic nitrogens is 4. The van der Waals surface area contributed by atoms with Crippen LogP contribution in [0.2, 0.25) is 51.4 Å². The largest absolute Gasteiger partial charge is 0.445 e. The molecule has 0 saturated heterocycles. The van der Waals surface area contributed by atoms with Crippen molar-refractivity contribution in [3.63, 3.8) is 0 Å². The average molecular weight is 961 g/mol. The predicted molar refractivity (Wildman–Crippen MR) is 270 cm³/mol. The SMILES string of the molecule is C[Si](C)(C)CCOCn1c(CNC(=O)OCc2ccccc2)nc2cc(CCN=[N+]=[N-])ccc21.C[Si](C)(C)CCOCn1c(CNC(=O)OCc2ccccc2)nc2ccc(CCN=[N+]=[N-])cc21. The van der Waals surface area contributed by atoms with Gasteiger partial charge in [0.15, 0.2) is 0 Å². The van der Waals surface area contributed by atoms with Gasteiger partial charge in [-0.25, -0.2) is 19.6 Å². The quantitative estimate of drug-likeness (QED) is 0.0194. The van der Waals surface area contributed by atoms with Crippen molar-refractivity contribution in [2.45, 2.75) is 104 Å². The number of ether oxygens (including phenoxy) is 4. The second-order valence-electron chi connectivity index (χ2n) is 18.5. The average Bonchev–Trinajstić information content (AvgIpc) is 3.85. The number of carbonyl (C=O) groups excluding carboxylic acids is 2. The molecule has 18 nitrogen and oxygen atoms in total. The minimum Gasteiger partial charge on any atom is -0.445 e. The van der Waals surface area contributed by atoms with Crippen LogP contribution >= 0.6 is 0 Å². The molecule has 6 rings (SSSR count). The van der Waals surface area contributed by atoms with Crippen molar-refractivity contribution in [3.8, 4) is 0 Å². The Morgan fingerprint density at radius 1 is 0.588 bits per heavy atom. The summed E-state index contributed by atoms with van der Waals surface area (Å²) in [5.41, 5.74) is 24.4. The summed E-state index contributed by atoms with van der Waals surface area (Å²) in [6, 6.07) is 33.2. The Morgan fingerprint density at radius 2 is 1.04 bits per heavy atom. The van der Waals surface area contributed by atoms with E-state index in [9.17, 15) is 9.59 Å². The molecule has 0 bridgehead atoms. The number of azide groups is 2. The van der Waals surface area contributed by atoms with Gasteiger partial charge in [0.2, 0.25) is 0 Å². The van der Waals surface area contributed by atoms with Crippen molar-refractivity contribution in [2.24, 2.45) is 10.2 Å². The van der Waals surface area contributed by atoms with Gasteiger partial charge in [-0.15, -0.1) is 0 Å². The molecule has 0 radical (unpaired) electrons. The minimum atomic E-state index is -1.20. The van der Waals surface area contributed by atoms with Crippen LogP contribution in [0, 0.1) is 0 Å². The maximum absolute atomic E-state index is 12.3. The Labute approximate surface area is 399 Å². The smallest absolute Gasteiger partial charge is 0.407 e. The van der Waals surface area contributed by atoms with Crippen LogP contribution in [-0.4, -0.2) is 73.7 Å². The van der Waals surface area contributed by atoms with Crippen molar-refractivity contribution in [1.82, 2.24) is 29.7 Å². The summed E-state index contributed by atoms with van der Waals surface area (Å²) in [6.07, 6.45) is 0.273. The maximum Gasteiger partial charge on any atom is 0.407 e. The first kappa shape index (κ1) is 52.3. The van der Waals surface area contributed by atoms with E-state index in [1.807, 2.05) is 106 Å². The number of benzene rings is 4. The van der Waals surface area contributed by atoms with Gasteiger partial charge in [0.05, 0.1) is 35.2 Å². The Hall–Kier alpha value is -6.67. The molecule has 0 atom stereocenters. The van der Waals surface area contributed by atoms with Gasteiger partial charge in [0, 0.05) is 52.3 Å². The molecule has 2 N–H and O–H groups in total. The van der Waals surface area contributed by atoms with Crippen molar-refractivity contribution in [3.05, 3.63) is 152 Å². The fraction of sp³-hybridized carbons (Fsp3) is 0.417.